The molecule has 12 heteroatoms. The van der Waals surface area contributed by atoms with E-state index in [1.54, 1.807) is 35.0 Å². The third-order valence-electron chi connectivity index (χ3n) is 5.00. The first kappa shape index (κ1) is 26.4. The lowest BCUT2D eigenvalue weighted by atomic mass is 9.91. The molecular formula is C24H18O10S2. The van der Waals surface area contributed by atoms with E-state index in [-0.39, 0.29) is 11.1 Å². The van der Waals surface area contributed by atoms with Gasteiger partial charge in [0, 0.05) is 9.75 Å². The molecule has 36 heavy (non-hydrogen) atoms. The Labute approximate surface area is 212 Å². The highest BCUT2D eigenvalue weighted by molar-refractivity contribution is 7.13. The van der Waals surface area contributed by atoms with E-state index in [0.29, 0.717) is 9.75 Å². The van der Waals surface area contributed by atoms with Crippen molar-refractivity contribution in [2.75, 3.05) is 28.4 Å². The number of carbonyl (C=O) groups is 6. The Morgan fingerprint density at radius 3 is 1.33 bits per heavy atom. The molecule has 186 valence electrons. The zero-order chi connectivity index (χ0) is 26.6. The molecule has 0 aliphatic heterocycles. The van der Waals surface area contributed by atoms with Gasteiger partial charge in [-0.05, 0) is 22.9 Å². The number of allylic oxidation sites excluding steroid dienone is 3. The molecule has 2 aromatic heterocycles. The van der Waals surface area contributed by atoms with Crippen molar-refractivity contribution in [1.82, 2.24) is 0 Å². The maximum absolute atomic E-state index is 13.8. The molecule has 0 amide bonds. The van der Waals surface area contributed by atoms with Crippen molar-refractivity contribution >= 4 is 69.3 Å². The molecule has 3 rings (SSSR count). The van der Waals surface area contributed by atoms with E-state index in [0.717, 1.165) is 28.4 Å². The summed E-state index contributed by atoms with van der Waals surface area (Å²) in [7, 11) is 3.69. The predicted octanol–water partition coefficient (Wildman–Crippen LogP) is 2.16. The van der Waals surface area contributed by atoms with Gasteiger partial charge in [0.2, 0.25) is 0 Å². The van der Waals surface area contributed by atoms with Crippen LogP contribution < -0.4 is 0 Å². The van der Waals surface area contributed by atoms with Gasteiger partial charge in [-0.2, -0.15) is 0 Å². The van der Waals surface area contributed by atoms with Gasteiger partial charge in [-0.3, -0.25) is 9.59 Å². The molecule has 2 aromatic rings. The fourth-order valence-corrected chi connectivity index (χ4v) is 5.02. The van der Waals surface area contributed by atoms with Crippen molar-refractivity contribution in [1.29, 1.82) is 0 Å². The largest absolute Gasteiger partial charge is 0.465 e. The summed E-state index contributed by atoms with van der Waals surface area (Å²) in [6.07, 6.45) is 0. The van der Waals surface area contributed by atoms with E-state index in [4.69, 9.17) is 9.47 Å². The third kappa shape index (κ3) is 4.55. The van der Waals surface area contributed by atoms with Gasteiger partial charge < -0.3 is 18.9 Å². The smallest absolute Gasteiger partial charge is 0.346 e. The van der Waals surface area contributed by atoms with Gasteiger partial charge in [0.1, 0.15) is 0 Å². The summed E-state index contributed by atoms with van der Waals surface area (Å²) in [5.41, 5.74) is -3.75. The van der Waals surface area contributed by atoms with Crippen LogP contribution in [-0.4, -0.2) is 63.9 Å². The highest BCUT2D eigenvalue weighted by Crippen LogP contribution is 2.43. The monoisotopic (exact) mass is 530 g/mol. The van der Waals surface area contributed by atoms with Crippen molar-refractivity contribution in [3.05, 3.63) is 67.1 Å². The fraction of sp³-hybridized carbons (Fsp3) is 0.167. The molecule has 0 fully saturated rings. The van der Waals surface area contributed by atoms with E-state index in [2.05, 4.69) is 9.47 Å². The highest BCUT2D eigenvalue weighted by atomic mass is 32.1. The number of thiophene rings is 2. The van der Waals surface area contributed by atoms with Gasteiger partial charge in [0.05, 0.1) is 56.3 Å². The lowest BCUT2D eigenvalue weighted by Gasteiger charge is -2.14. The van der Waals surface area contributed by atoms with Crippen LogP contribution in [-0.2, 0) is 47.7 Å². The van der Waals surface area contributed by atoms with Gasteiger partial charge in [-0.1, -0.05) is 12.1 Å². The second-order valence-corrected chi connectivity index (χ2v) is 8.72. The predicted molar refractivity (Wildman–Crippen MR) is 128 cm³/mol. The van der Waals surface area contributed by atoms with Crippen molar-refractivity contribution in [3.8, 4) is 0 Å². The third-order valence-corrected chi connectivity index (χ3v) is 6.78. The Morgan fingerprint density at radius 2 is 1.00 bits per heavy atom. The Balaban J connectivity index is 2.49. The maximum Gasteiger partial charge on any atom is 0.346 e. The summed E-state index contributed by atoms with van der Waals surface area (Å²) >= 11 is 2.36. The number of methoxy groups -OCH3 is 4. The Kier molecular flexibility index (Phi) is 8.12. The fourth-order valence-electron chi connectivity index (χ4n) is 3.47. The van der Waals surface area contributed by atoms with Crippen LogP contribution in [0.15, 0.2) is 57.3 Å². The minimum absolute atomic E-state index is 0.00393. The summed E-state index contributed by atoms with van der Waals surface area (Å²) in [4.78, 5) is 79.3. The van der Waals surface area contributed by atoms with Gasteiger partial charge in [-0.15, -0.1) is 22.7 Å². The zero-order valence-corrected chi connectivity index (χ0v) is 21.0. The first-order valence-electron chi connectivity index (χ1n) is 9.96. The van der Waals surface area contributed by atoms with Crippen molar-refractivity contribution < 1.29 is 47.7 Å². The molecule has 0 saturated carbocycles. The number of hydrogen-bond acceptors (Lipinski definition) is 12. The molecule has 0 radical (unpaired) electrons. The summed E-state index contributed by atoms with van der Waals surface area (Å²) in [6, 6.07) is 6.58. The number of Topliss-reactive ketones (excluding diaryl/α,β-unsaturated/α-hetero) is 2. The number of carbonyl (C=O) groups excluding carboxylic acids is 6. The zero-order valence-electron chi connectivity index (χ0n) is 19.4. The van der Waals surface area contributed by atoms with E-state index in [9.17, 15) is 28.8 Å². The highest BCUT2D eigenvalue weighted by Gasteiger charge is 2.45. The average molecular weight is 531 g/mol. The van der Waals surface area contributed by atoms with Gasteiger partial charge >= 0.3 is 23.9 Å². The summed E-state index contributed by atoms with van der Waals surface area (Å²) in [6.45, 7) is 0. The molecule has 10 nitrogen and oxygen atoms in total. The standard InChI is InChI=1S/C24H18O10S2/c1-31-21(27)15(16(22(28)32-2)18(23(29)33-3)24(30)34-4)17-19(25)13(11-7-5-9-35-11)14(20(17)26)12-8-6-10-36-12/h5-10H,1-4H3. The minimum Gasteiger partial charge on any atom is -0.465 e. The van der Waals surface area contributed by atoms with E-state index in [1.165, 1.54) is 22.7 Å². The Morgan fingerprint density at radius 1 is 0.611 bits per heavy atom. The number of rotatable bonds is 7. The molecule has 1 aliphatic carbocycles. The number of ether oxygens (including phenoxy) is 4. The van der Waals surface area contributed by atoms with Crippen molar-refractivity contribution in [3.63, 3.8) is 0 Å². The Hall–Kier alpha value is -4.16. The van der Waals surface area contributed by atoms with E-state index in [1.807, 2.05) is 0 Å². The normalized spacial score (nSPS) is 12.8. The van der Waals surface area contributed by atoms with Crippen LogP contribution >= 0.6 is 22.7 Å². The van der Waals surface area contributed by atoms with Crippen LogP contribution in [0.2, 0.25) is 0 Å². The van der Waals surface area contributed by atoms with Gasteiger partial charge in [0.15, 0.2) is 17.1 Å². The van der Waals surface area contributed by atoms with Crippen LogP contribution in [0.5, 0.6) is 0 Å². The summed E-state index contributed by atoms with van der Waals surface area (Å²) in [5.74, 6) is -7.26. The van der Waals surface area contributed by atoms with Crippen LogP contribution in [0.3, 0.4) is 0 Å². The summed E-state index contributed by atoms with van der Waals surface area (Å²) < 4.78 is 18.7. The van der Waals surface area contributed by atoms with Crippen LogP contribution in [0.1, 0.15) is 9.75 Å². The second kappa shape index (κ2) is 11.1. The molecule has 0 unspecified atom stereocenters. The molecular weight excluding hydrogens is 512 g/mol. The van der Waals surface area contributed by atoms with E-state index < -0.39 is 57.7 Å². The van der Waals surface area contributed by atoms with Crippen LogP contribution in [0.25, 0.3) is 11.1 Å². The quantitative estimate of drug-likeness (QED) is 0.172. The van der Waals surface area contributed by atoms with Crippen molar-refractivity contribution in [2.24, 2.45) is 0 Å². The molecule has 1 aliphatic rings. The molecule has 0 spiro atoms. The lowest BCUT2D eigenvalue weighted by molar-refractivity contribution is -0.146. The second-order valence-electron chi connectivity index (χ2n) is 6.83. The van der Waals surface area contributed by atoms with Gasteiger partial charge in [0.25, 0.3) is 0 Å². The lowest BCUT2D eigenvalue weighted by Crippen LogP contribution is -2.28. The molecule has 0 saturated heterocycles. The molecule has 0 bridgehead atoms. The number of ketones is 2. The minimum atomic E-state index is -1.38. The number of esters is 4. The first-order valence-corrected chi connectivity index (χ1v) is 11.7. The number of hydrogen-bond donors (Lipinski definition) is 0. The average Bonchev–Trinajstić information content (AvgIpc) is 3.64. The van der Waals surface area contributed by atoms with Crippen LogP contribution in [0.4, 0.5) is 0 Å². The SMILES string of the molecule is COC(=O)C(C(=O)OC)=C(C(=O)OC)C(C(=O)OC)=C1C(=O)C(c2cccs2)=C(c2cccs2)C1=O. The molecule has 0 aromatic carbocycles. The van der Waals surface area contributed by atoms with Crippen molar-refractivity contribution in [2.45, 2.75) is 0 Å². The van der Waals surface area contributed by atoms with Crippen LogP contribution in [0, 0.1) is 0 Å². The molecule has 0 atom stereocenters. The topological polar surface area (TPSA) is 139 Å². The maximum atomic E-state index is 13.8. The molecule has 0 N–H and O–H groups in total. The van der Waals surface area contributed by atoms with Gasteiger partial charge in [-0.25, -0.2) is 19.2 Å². The Bertz CT molecular complexity index is 1280. The first-order chi connectivity index (χ1) is 17.2. The van der Waals surface area contributed by atoms with E-state index >= 15 is 0 Å². The summed E-state index contributed by atoms with van der Waals surface area (Å²) in [5, 5.41) is 3.39. The molecule has 2 heterocycles.